The van der Waals surface area contributed by atoms with Crippen molar-refractivity contribution in [2.24, 2.45) is 0 Å². The van der Waals surface area contributed by atoms with Crippen LogP contribution in [0.2, 0.25) is 0 Å². The summed E-state index contributed by atoms with van der Waals surface area (Å²) in [5.41, 5.74) is 2.60. The predicted octanol–water partition coefficient (Wildman–Crippen LogP) is 4.31. The second kappa shape index (κ2) is 8.05. The van der Waals surface area contributed by atoms with Gasteiger partial charge < -0.3 is 10.2 Å². The molecule has 0 spiro atoms. The topological polar surface area (TPSA) is 80.1 Å². The Morgan fingerprint density at radius 3 is 2.81 bits per heavy atom. The summed E-state index contributed by atoms with van der Waals surface area (Å²) >= 11 is 3.19. The number of amides is 1. The standard InChI is InChI=1S/C22H23N5O2S2/c1-13-14(2)30-20-19(13)21(29)27(12-23-20)10-7-18(28)24-15-5-6-16-17(11-15)31-22(25-16)26-8-3-4-9-26/h5-6,11-12H,3-4,7-10H2,1-2H3,(H,24,28). The third kappa shape index (κ3) is 3.83. The van der Waals surface area contributed by atoms with Crippen molar-refractivity contribution in [2.75, 3.05) is 23.3 Å². The Labute approximate surface area is 187 Å². The third-order valence-electron chi connectivity index (χ3n) is 5.77. The Bertz CT molecular complexity index is 1350. The largest absolute Gasteiger partial charge is 0.348 e. The first kappa shape index (κ1) is 20.1. The molecule has 1 aliphatic rings. The molecule has 0 aliphatic carbocycles. The minimum Gasteiger partial charge on any atom is -0.348 e. The zero-order valence-corrected chi connectivity index (χ0v) is 19.1. The molecule has 160 valence electrons. The molecule has 0 unspecified atom stereocenters. The number of thiazole rings is 1. The second-order valence-corrected chi connectivity index (χ2v) is 10.1. The van der Waals surface area contributed by atoms with Crippen molar-refractivity contribution >= 4 is 59.8 Å². The molecule has 1 aliphatic heterocycles. The lowest BCUT2D eigenvalue weighted by Crippen LogP contribution is -2.23. The van der Waals surface area contributed by atoms with E-state index < -0.39 is 0 Å². The molecule has 0 radical (unpaired) electrons. The highest BCUT2D eigenvalue weighted by Gasteiger charge is 2.17. The molecule has 1 amide bonds. The Morgan fingerprint density at radius 2 is 2.00 bits per heavy atom. The molecule has 9 heteroatoms. The minimum absolute atomic E-state index is 0.0832. The van der Waals surface area contributed by atoms with Gasteiger partial charge in [-0.25, -0.2) is 9.97 Å². The first-order chi connectivity index (χ1) is 15.0. The number of nitrogens with one attached hydrogen (secondary N) is 1. The number of carbonyl (C=O) groups is 1. The van der Waals surface area contributed by atoms with E-state index in [0.717, 1.165) is 49.4 Å². The van der Waals surface area contributed by atoms with Crippen LogP contribution in [-0.2, 0) is 11.3 Å². The normalized spacial score (nSPS) is 14.1. The van der Waals surface area contributed by atoms with Crippen molar-refractivity contribution in [3.8, 4) is 0 Å². The number of aromatic nitrogens is 3. The molecule has 0 saturated carbocycles. The smallest absolute Gasteiger partial charge is 0.262 e. The van der Waals surface area contributed by atoms with Gasteiger partial charge in [-0.3, -0.25) is 14.2 Å². The van der Waals surface area contributed by atoms with E-state index in [1.165, 1.54) is 35.1 Å². The molecule has 5 rings (SSSR count). The Kier molecular flexibility index (Phi) is 5.23. The van der Waals surface area contributed by atoms with Gasteiger partial charge >= 0.3 is 0 Å². The van der Waals surface area contributed by atoms with E-state index in [9.17, 15) is 9.59 Å². The van der Waals surface area contributed by atoms with E-state index in [2.05, 4.69) is 15.2 Å². The van der Waals surface area contributed by atoms with Crippen LogP contribution in [0.5, 0.6) is 0 Å². The lowest BCUT2D eigenvalue weighted by Gasteiger charge is -2.11. The number of fused-ring (bicyclic) bond motifs is 2. The predicted molar refractivity (Wildman–Crippen MR) is 128 cm³/mol. The summed E-state index contributed by atoms with van der Waals surface area (Å²) in [5.74, 6) is -0.131. The van der Waals surface area contributed by atoms with Gasteiger partial charge in [0.2, 0.25) is 5.91 Å². The molecular formula is C22H23N5O2S2. The number of thiophene rings is 1. The van der Waals surface area contributed by atoms with Crippen LogP contribution in [0.25, 0.3) is 20.4 Å². The Balaban J connectivity index is 1.28. The second-order valence-electron chi connectivity index (χ2n) is 7.88. The summed E-state index contributed by atoms with van der Waals surface area (Å²) in [7, 11) is 0. The van der Waals surface area contributed by atoms with Gasteiger partial charge in [-0.2, -0.15) is 0 Å². The van der Waals surface area contributed by atoms with Crippen LogP contribution in [0.15, 0.2) is 29.3 Å². The van der Waals surface area contributed by atoms with Crippen molar-refractivity contribution < 1.29 is 4.79 Å². The summed E-state index contributed by atoms with van der Waals surface area (Å²) < 4.78 is 2.59. The highest BCUT2D eigenvalue weighted by atomic mass is 32.1. The van der Waals surface area contributed by atoms with Crippen LogP contribution in [-0.4, -0.2) is 33.5 Å². The third-order valence-corrected chi connectivity index (χ3v) is 7.97. The van der Waals surface area contributed by atoms with Gasteiger partial charge in [0, 0.05) is 36.6 Å². The summed E-state index contributed by atoms with van der Waals surface area (Å²) in [6.07, 6.45) is 4.17. The number of carbonyl (C=O) groups excluding carboxylic acids is 1. The van der Waals surface area contributed by atoms with Crippen LogP contribution in [0, 0.1) is 13.8 Å². The number of aryl methyl sites for hydroxylation is 3. The average Bonchev–Trinajstić information content (AvgIpc) is 3.47. The fourth-order valence-corrected chi connectivity index (χ4v) is 5.95. The lowest BCUT2D eigenvalue weighted by atomic mass is 10.2. The van der Waals surface area contributed by atoms with E-state index in [4.69, 9.17) is 4.98 Å². The first-order valence-corrected chi connectivity index (χ1v) is 12.0. The summed E-state index contributed by atoms with van der Waals surface area (Å²) in [4.78, 5) is 38.6. The maximum absolute atomic E-state index is 12.8. The molecule has 3 aromatic heterocycles. The van der Waals surface area contributed by atoms with Crippen molar-refractivity contribution in [3.05, 3.63) is 45.3 Å². The number of benzene rings is 1. The van der Waals surface area contributed by atoms with Crippen molar-refractivity contribution in [2.45, 2.75) is 39.7 Å². The molecule has 1 N–H and O–H groups in total. The summed E-state index contributed by atoms with van der Waals surface area (Å²) in [5, 5.41) is 4.66. The number of hydrogen-bond acceptors (Lipinski definition) is 7. The van der Waals surface area contributed by atoms with Crippen LogP contribution < -0.4 is 15.8 Å². The molecule has 1 aromatic carbocycles. The molecule has 0 bridgehead atoms. The summed E-state index contributed by atoms with van der Waals surface area (Å²) in [6, 6.07) is 5.80. The van der Waals surface area contributed by atoms with Crippen LogP contribution >= 0.6 is 22.7 Å². The quantitative estimate of drug-likeness (QED) is 0.487. The number of hydrogen-bond donors (Lipinski definition) is 1. The van der Waals surface area contributed by atoms with Gasteiger partial charge in [0.15, 0.2) is 5.13 Å². The molecule has 4 heterocycles. The van der Waals surface area contributed by atoms with E-state index in [1.807, 2.05) is 32.0 Å². The highest BCUT2D eigenvalue weighted by molar-refractivity contribution is 7.22. The number of anilines is 2. The van der Waals surface area contributed by atoms with Crippen molar-refractivity contribution in [1.29, 1.82) is 0 Å². The van der Waals surface area contributed by atoms with Gasteiger partial charge in [0.1, 0.15) is 4.83 Å². The Morgan fingerprint density at radius 1 is 1.19 bits per heavy atom. The fourth-order valence-electron chi connectivity index (χ4n) is 3.91. The van der Waals surface area contributed by atoms with E-state index in [-0.39, 0.29) is 17.9 Å². The first-order valence-electron chi connectivity index (χ1n) is 10.4. The van der Waals surface area contributed by atoms with E-state index >= 15 is 0 Å². The highest BCUT2D eigenvalue weighted by Crippen LogP contribution is 2.32. The molecule has 4 aromatic rings. The van der Waals surface area contributed by atoms with Crippen LogP contribution in [0.3, 0.4) is 0 Å². The van der Waals surface area contributed by atoms with Gasteiger partial charge in [-0.1, -0.05) is 11.3 Å². The minimum atomic E-state index is -0.131. The molecular weight excluding hydrogens is 430 g/mol. The van der Waals surface area contributed by atoms with Crippen LogP contribution in [0.4, 0.5) is 10.8 Å². The zero-order valence-electron chi connectivity index (χ0n) is 17.5. The fraction of sp³-hybridized carbons (Fsp3) is 0.364. The van der Waals surface area contributed by atoms with Gasteiger partial charge in [0.25, 0.3) is 5.56 Å². The van der Waals surface area contributed by atoms with Crippen molar-refractivity contribution in [3.63, 3.8) is 0 Å². The molecule has 31 heavy (non-hydrogen) atoms. The Hall–Kier alpha value is -2.78. The monoisotopic (exact) mass is 453 g/mol. The molecule has 1 fully saturated rings. The summed E-state index contributed by atoms with van der Waals surface area (Å²) in [6.45, 7) is 6.36. The van der Waals surface area contributed by atoms with E-state index in [1.54, 1.807) is 11.3 Å². The molecule has 7 nitrogen and oxygen atoms in total. The van der Waals surface area contributed by atoms with Gasteiger partial charge in [-0.15, -0.1) is 11.3 Å². The number of nitrogens with zero attached hydrogens (tertiary/aromatic N) is 4. The lowest BCUT2D eigenvalue weighted by molar-refractivity contribution is -0.116. The number of rotatable bonds is 5. The average molecular weight is 454 g/mol. The van der Waals surface area contributed by atoms with Gasteiger partial charge in [-0.05, 0) is 50.5 Å². The maximum Gasteiger partial charge on any atom is 0.262 e. The SMILES string of the molecule is Cc1sc2ncn(CCC(=O)Nc3ccc4nc(N5CCCC5)sc4c3)c(=O)c2c1C. The van der Waals surface area contributed by atoms with E-state index in [0.29, 0.717) is 11.9 Å². The maximum atomic E-state index is 12.8. The van der Waals surface area contributed by atoms with Gasteiger partial charge in [0.05, 0.1) is 21.9 Å². The van der Waals surface area contributed by atoms with Crippen molar-refractivity contribution in [1.82, 2.24) is 14.5 Å². The molecule has 1 saturated heterocycles. The zero-order chi connectivity index (χ0) is 21.5. The molecule has 0 atom stereocenters. The van der Waals surface area contributed by atoms with Crippen LogP contribution in [0.1, 0.15) is 29.7 Å².